The molecule has 45 heavy (non-hydrogen) atoms. The quantitative estimate of drug-likeness (QED) is 0.249. The molecule has 0 saturated carbocycles. The minimum atomic E-state index is -0.315. The standard InChI is InChI=1S/C37H20N4O4/c42-31-21-12-4-6-14-23(21)33(44)29-25(31)16-8-18-27(29)35-39-36(41-37(40-35)38-20-10-2-1-3-11-20)28-19-9-17-26-30(28)34(45)24-15-7-5-13-22(24)32(26)43/h1-19H,(H,38,39,40,41). The van der Waals surface area contributed by atoms with Gasteiger partial charge in [-0.15, -0.1) is 0 Å². The first-order valence-corrected chi connectivity index (χ1v) is 14.2. The normalized spacial score (nSPS) is 13.1. The van der Waals surface area contributed by atoms with Gasteiger partial charge in [0.2, 0.25) is 5.95 Å². The molecule has 8 rings (SSSR count). The fraction of sp³-hybridized carbons (Fsp3) is 0. The summed E-state index contributed by atoms with van der Waals surface area (Å²) in [5.41, 5.74) is 3.58. The molecule has 2 aliphatic rings. The number of nitrogens with one attached hydrogen (secondary N) is 1. The van der Waals surface area contributed by atoms with Gasteiger partial charge in [-0.1, -0.05) is 103 Å². The van der Waals surface area contributed by atoms with Crippen LogP contribution in [0.1, 0.15) is 63.7 Å². The molecule has 1 aromatic heterocycles. The third-order valence-electron chi connectivity index (χ3n) is 8.05. The molecule has 6 aromatic rings. The Labute approximate surface area is 256 Å². The molecule has 212 valence electrons. The lowest BCUT2D eigenvalue weighted by atomic mass is 9.81. The van der Waals surface area contributed by atoms with Crippen LogP contribution in [-0.4, -0.2) is 38.1 Å². The fourth-order valence-electron chi connectivity index (χ4n) is 5.99. The molecule has 0 atom stereocenters. The molecule has 5 aromatic carbocycles. The summed E-state index contributed by atoms with van der Waals surface area (Å²) in [4.78, 5) is 68.8. The van der Waals surface area contributed by atoms with E-state index in [1.54, 1.807) is 84.9 Å². The number of carbonyl (C=O) groups excluding carboxylic acids is 4. The predicted octanol–water partition coefficient (Wildman–Crippen LogP) is 6.50. The van der Waals surface area contributed by atoms with Gasteiger partial charge < -0.3 is 5.32 Å². The van der Waals surface area contributed by atoms with Crippen molar-refractivity contribution in [3.8, 4) is 22.8 Å². The summed E-state index contributed by atoms with van der Waals surface area (Å²) in [5, 5.41) is 3.19. The molecule has 2 aliphatic carbocycles. The van der Waals surface area contributed by atoms with Crippen molar-refractivity contribution in [3.63, 3.8) is 0 Å². The number of benzene rings is 5. The predicted molar refractivity (Wildman–Crippen MR) is 167 cm³/mol. The fourth-order valence-corrected chi connectivity index (χ4v) is 5.99. The molecule has 0 unspecified atom stereocenters. The summed E-state index contributed by atoms with van der Waals surface area (Å²) >= 11 is 0. The molecule has 0 spiro atoms. The molecule has 1 heterocycles. The van der Waals surface area contributed by atoms with Gasteiger partial charge in [0.15, 0.2) is 34.8 Å². The van der Waals surface area contributed by atoms with Gasteiger partial charge in [-0.3, -0.25) is 19.2 Å². The number of anilines is 2. The van der Waals surface area contributed by atoms with Crippen LogP contribution in [0.15, 0.2) is 115 Å². The highest BCUT2D eigenvalue weighted by molar-refractivity contribution is 6.31. The smallest absolute Gasteiger partial charge is 0.231 e. The number of hydrogen-bond donors (Lipinski definition) is 1. The average Bonchev–Trinajstić information content (AvgIpc) is 3.09. The maximum atomic E-state index is 13.8. The SMILES string of the molecule is O=C1c2ccccc2C(=O)c2c1cccc2-c1nc(Nc2ccccc2)nc(-c2cccc3c2C(=O)c2ccccc2C3=O)n1. The van der Waals surface area contributed by atoms with E-state index < -0.39 is 0 Å². The van der Waals surface area contributed by atoms with Crippen LogP contribution in [0.5, 0.6) is 0 Å². The second-order valence-electron chi connectivity index (χ2n) is 10.7. The van der Waals surface area contributed by atoms with Crippen LogP contribution in [0, 0.1) is 0 Å². The third kappa shape index (κ3) is 4.11. The number of nitrogens with zero attached hydrogens (tertiary/aromatic N) is 3. The lowest BCUT2D eigenvalue weighted by Gasteiger charge is -2.21. The Morgan fingerprint density at radius 3 is 1.20 bits per heavy atom. The Hall–Kier alpha value is -6.41. The van der Waals surface area contributed by atoms with E-state index in [4.69, 9.17) is 4.98 Å². The van der Waals surface area contributed by atoms with Gasteiger partial charge in [-0.2, -0.15) is 9.97 Å². The Kier molecular flexibility index (Phi) is 5.89. The van der Waals surface area contributed by atoms with Crippen LogP contribution in [0.3, 0.4) is 0 Å². The van der Waals surface area contributed by atoms with Crippen LogP contribution in [-0.2, 0) is 0 Å². The Morgan fingerprint density at radius 2 is 0.733 bits per heavy atom. The zero-order chi connectivity index (χ0) is 30.7. The van der Waals surface area contributed by atoms with Crippen LogP contribution >= 0.6 is 0 Å². The van der Waals surface area contributed by atoms with Crippen molar-refractivity contribution < 1.29 is 19.2 Å². The molecule has 8 nitrogen and oxygen atoms in total. The topological polar surface area (TPSA) is 119 Å². The first-order valence-electron chi connectivity index (χ1n) is 14.2. The number of carbonyl (C=O) groups is 4. The minimum Gasteiger partial charge on any atom is -0.324 e. The number of rotatable bonds is 4. The minimum absolute atomic E-state index is 0.128. The highest BCUT2D eigenvalue weighted by atomic mass is 16.1. The van der Waals surface area contributed by atoms with Crippen molar-refractivity contribution in [3.05, 3.63) is 160 Å². The maximum Gasteiger partial charge on any atom is 0.231 e. The summed E-state index contributed by atoms with van der Waals surface area (Å²) < 4.78 is 0. The van der Waals surface area contributed by atoms with Crippen LogP contribution < -0.4 is 5.32 Å². The second kappa shape index (κ2) is 10.1. The van der Waals surface area contributed by atoms with Crippen molar-refractivity contribution in [1.29, 1.82) is 0 Å². The summed E-state index contributed by atoms with van der Waals surface area (Å²) in [6.45, 7) is 0. The van der Waals surface area contributed by atoms with E-state index in [1.807, 2.05) is 30.3 Å². The Bertz CT molecular complexity index is 2140. The van der Waals surface area contributed by atoms with E-state index in [9.17, 15) is 19.2 Å². The summed E-state index contributed by atoms with van der Waals surface area (Å²) in [7, 11) is 0. The highest BCUT2D eigenvalue weighted by Gasteiger charge is 2.34. The van der Waals surface area contributed by atoms with E-state index in [0.29, 0.717) is 39.1 Å². The van der Waals surface area contributed by atoms with Crippen molar-refractivity contribution >= 4 is 34.8 Å². The molecule has 8 heteroatoms. The summed E-state index contributed by atoms with van der Waals surface area (Å²) in [6.07, 6.45) is 0. The van der Waals surface area contributed by atoms with Gasteiger partial charge in [0.1, 0.15) is 0 Å². The van der Waals surface area contributed by atoms with E-state index >= 15 is 0 Å². The summed E-state index contributed by atoms with van der Waals surface area (Å²) in [5.74, 6) is -0.750. The van der Waals surface area contributed by atoms with E-state index in [0.717, 1.165) is 0 Å². The number of aromatic nitrogens is 3. The average molecular weight is 585 g/mol. The highest BCUT2D eigenvalue weighted by Crippen LogP contribution is 2.37. The molecule has 1 N–H and O–H groups in total. The zero-order valence-electron chi connectivity index (χ0n) is 23.4. The van der Waals surface area contributed by atoms with E-state index in [-0.39, 0.29) is 63.0 Å². The molecule has 0 aliphatic heterocycles. The van der Waals surface area contributed by atoms with Crippen LogP contribution in [0.25, 0.3) is 22.8 Å². The molecular formula is C37H20N4O4. The Morgan fingerprint density at radius 1 is 0.356 bits per heavy atom. The number of para-hydroxylation sites is 1. The second-order valence-corrected chi connectivity index (χ2v) is 10.7. The number of fused-ring (bicyclic) bond motifs is 4. The molecule has 0 fully saturated rings. The summed E-state index contributed by atoms with van der Waals surface area (Å²) in [6, 6.07) is 32.7. The number of hydrogen-bond acceptors (Lipinski definition) is 8. The van der Waals surface area contributed by atoms with Crippen LogP contribution in [0.2, 0.25) is 0 Å². The zero-order valence-corrected chi connectivity index (χ0v) is 23.4. The molecule has 0 amide bonds. The van der Waals surface area contributed by atoms with Gasteiger partial charge in [-0.05, 0) is 12.1 Å². The lowest BCUT2D eigenvalue weighted by molar-refractivity contribution is 0.0979. The molecule has 0 saturated heterocycles. The van der Waals surface area contributed by atoms with Crippen LogP contribution in [0.4, 0.5) is 11.6 Å². The van der Waals surface area contributed by atoms with Crippen molar-refractivity contribution in [2.75, 3.05) is 5.32 Å². The van der Waals surface area contributed by atoms with Crippen molar-refractivity contribution in [2.45, 2.75) is 0 Å². The Balaban J connectivity index is 1.35. The largest absolute Gasteiger partial charge is 0.324 e. The van der Waals surface area contributed by atoms with Crippen molar-refractivity contribution in [1.82, 2.24) is 15.0 Å². The molecule has 0 radical (unpaired) electrons. The first-order chi connectivity index (χ1) is 22.0. The monoisotopic (exact) mass is 584 g/mol. The van der Waals surface area contributed by atoms with Gasteiger partial charge in [0.05, 0.1) is 0 Å². The number of ketones is 4. The van der Waals surface area contributed by atoms with Crippen molar-refractivity contribution in [2.24, 2.45) is 0 Å². The van der Waals surface area contributed by atoms with Gasteiger partial charge in [-0.25, -0.2) is 4.98 Å². The lowest BCUT2D eigenvalue weighted by Crippen LogP contribution is -2.22. The van der Waals surface area contributed by atoms with E-state index in [2.05, 4.69) is 15.3 Å². The first kappa shape index (κ1) is 26.2. The van der Waals surface area contributed by atoms with E-state index in [1.165, 1.54) is 0 Å². The maximum absolute atomic E-state index is 13.8. The molecular weight excluding hydrogens is 564 g/mol. The van der Waals surface area contributed by atoms with Gasteiger partial charge >= 0.3 is 0 Å². The third-order valence-corrected chi connectivity index (χ3v) is 8.05. The molecule has 0 bridgehead atoms. The van der Waals surface area contributed by atoms with Gasteiger partial charge in [0.25, 0.3) is 0 Å². The van der Waals surface area contributed by atoms with Gasteiger partial charge in [0, 0.05) is 61.3 Å².